The molecule has 108 valence electrons. The van der Waals surface area contributed by atoms with Crippen LogP contribution in [0.3, 0.4) is 0 Å². The van der Waals surface area contributed by atoms with E-state index in [1.54, 1.807) is 10.8 Å². The summed E-state index contributed by atoms with van der Waals surface area (Å²) in [5.41, 5.74) is 0.807. The van der Waals surface area contributed by atoms with E-state index in [2.05, 4.69) is 10.3 Å². The molecule has 0 saturated heterocycles. The number of imidazole rings is 1. The van der Waals surface area contributed by atoms with Crippen LogP contribution >= 0.6 is 0 Å². The van der Waals surface area contributed by atoms with Gasteiger partial charge in [-0.3, -0.25) is 4.57 Å². The molecule has 0 aliphatic rings. The third kappa shape index (κ3) is 3.12. The van der Waals surface area contributed by atoms with E-state index in [0.29, 0.717) is 11.6 Å². The van der Waals surface area contributed by atoms with Crippen molar-refractivity contribution in [2.75, 3.05) is 11.9 Å². The molecular formula is C14H16F3N3. The number of benzene rings is 1. The maximum Gasteiger partial charge on any atom is 0.416 e. The lowest BCUT2D eigenvalue weighted by molar-refractivity contribution is -0.137. The molecule has 20 heavy (non-hydrogen) atoms. The van der Waals surface area contributed by atoms with Gasteiger partial charge >= 0.3 is 6.18 Å². The average Bonchev–Trinajstić information content (AvgIpc) is 2.76. The van der Waals surface area contributed by atoms with Gasteiger partial charge in [0, 0.05) is 18.4 Å². The Hall–Kier alpha value is -1.98. The minimum atomic E-state index is -4.31. The first-order valence-electron chi connectivity index (χ1n) is 6.39. The van der Waals surface area contributed by atoms with E-state index in [1.165, 1.54) is 12.1 Å². The number of rotatable bonds is 4. The second-order valence-corrected chi connectivity index (χ2v) is 4.55. The molecule has 0 radical (unpaired) electrons. The minimum Gasteiger partial charge on any atom is -0.355 e. The van der Waals surface area contributed by atoms with Gasteiger partial charge in [0.2, 0.25) is 5.95 Å². The van der Waals surface area contributed by atoms with Gasteiger partial charge in [-0.1, -0.05) is 6.92 Å². The summed E-state index contributed by atoms with van der Waals surface area (Å²) in [6.07, 6.45) is -1.58. The molecule has 0 spiro atoms. The highest BCUT2D eigenvalue weighted by molar-refractivity contribution is 5.44. The second kappa shape index (κ2) is 5.56. The number of nitrogens with one attached hydrogen (secondary N) is 1. The zero-order valence-electron chi connectivity index (χ0n) is 11.3. The summed E-state index contributed by atoms with van der Waals surface area (Å²) < 4.78 is 39.4. The fourth-order valence-electron chi connectivity index (χ4n) is 1.87. The standard InChI is InChI=1S/C14H16F3N3/c1-3-8-18-13-19-10(2)9-20(13)12-6-4-11(5-7-12)14(15,16)17/h4-7,9H,3,8H2,1-2H3,(H,18,19). The van der Waals surface area contributed by atoms with E-state index in [-0.39, 0.29) is 0 Å². The van der Waals surface area contributed by atoms with Crippen LogP contribution in [0.5, 0.6) is 0 Å². The number of aromatic nitrogens is 2. The third-order valence-electron chi connectivity index (χ3n) is 2.83. The predicted octanol–water partition coefficient (Wildman–Crippen LogP) is 4.02. The van der Waals surface area contributed by atoms with E-state index in [1.807, 2.05) is 13.8 Å². The predicted molar refractivity (Wildman–Crippen MR) is 72.1 cm³/mol. The maximum absolute atomic E-state index is 12.5. The molecular weight excluding hydrogens is 267 g/mol. The lowest BCUT2D eigenvalue weighted by atomic mass is 10.2. The molecule has 1 aromatic carbocycles. The van der Waals surface area contributed by atoms with Gasteiger partial charge in [-0.05, 0) is 37.6 Å². The lowest BCUT2D eigenvalue weighted by Gasteiger charge is -2.11. The van der Waals surface area contributed by atoms with Gasteiger partial charge in [0.25, 0.3) is 0 Å². The molecule has 0 unspecified atom stereocenters. The van der Waals surface area contributed by atoms with Crippen molar-refractivity contribution in [3.8, 4) is 5.69 Å². The second-order valence-electron chi connectivity index (χ2n) is 4.55. The SMILES string of the molecule is CCCNc1nc(C)cn1-c1ccc(C(F)(F)F)cc1. The van der Waals surface area contributed by atoms with Crippen molar-refractivity contribution in [3.05, 3.63) is 41.7 Å². The first-order chi connectivity index (χ1) is 9.41. The Morgan fingerprint density at radius 2 is 1.85 bits per heavy atom. The molecule has 0 aliphatic carbocycles. The smallest absolute Gasteiger partial charge is 0.355 e. The van der Waals surface area contributed by atoms with Crippen LogP contribution in [0.2, 0.25) is 0 Å². The molecule has 2 aromatic rings. The average molecular weight is 283 g/mol. The summed E-state index contributed by atoms with van der Waals surface area (Å²) in [4.78, 5) is 4.33. The highest BCUT2D eigenvalue weighted by Crippen LogP contribution is 2.30. The Labute approximate surface area is 115 Å². The third-order valence-corrected chi connectivity index (χ3v) is 2.83. The molecule has 0 atom stereocenters. The highest BCUT2D eigenvalue weighted by atomic mass is 19.4. The number of aryl methyl sites for hydroxylation is 1. The summed E-state index contributed by atoms with van der Waals surface area (Å²) in [5, 5.41) is 3.16. The van der Waals surface area contributed by atoms with Gasteiger partial charge < -0.3 is 5.32 Å². The van der Waals surface area contributed by atoms with Gasteiger partial charge in [-0.2, -0.15) is 13.2 Å². The molecule has 0 bridgehead atoms. The quantitative estimate of drug-likeness (QED) is 0.918. The molecule has 0 fully saturated rings. The van der Waals surface area contributed by atoms with Crippen LogP contribution < -0.4 is 5.32 Å². The van der Waals surface area contributed by atoms with Crippen LogP contribution in [0, 0.1) is 6.92 Å². The molecule has 1 aromatic heterocycles. The summed E-state index contributed by atoms with van der Waals surface area (Å²) >= 11 is 0. The van der Waals surface area contributed by atoms with Crippen LogP contribution in [-0.4, -0.2) is 16.1 Å². The summed E-state index contributed by atoms with van der Waals surface area (Å²) in [6, 6.07) is 5.05. The fraction of sp³-hybridized carbons (Fsp3) is 0.357. The molecule has 0 aliphatic heterocycles. The van der Waals surface area contributed by atoms with E-state index >= 15 is 0 Å². The van der Waals surface area contributed by atoms with Gasteiger partial charge in [0.15, 0.2) is 0 Å². The van der Waals surface area contributed by atoms with E-state index in [4.69, 9.17) is 0 Å². The van der Waals surface area contributed by atoms with E-state index in [0.717, 1.165) is 30.8 Å². The fourth-order valence-corrected chi connectivity index (χ4v) is 1.87. The van der Waals surface area contributed by atoms with Crippen molar-refractivity contribution < 1.29 is 13.2 Å². The molecule has 3 nitrogen and oxygen atoms in total. The van der Waals surface area contributed by atoms with Gasteiger partial charge in [-0.25, -0.2) is 4.98 Å². The Morgan fingerprint density at radius 1 is 1.20 bits per heavy atom. The normalized spacial score (nSPS) is 11.7. The van der Waals surface area contributed by atoms with Crippen LogP contribution in [-0.2, 0) is 6.18 Å². The Bertz CT molecular complexity index is 570. The number of alkyl halides is 3. The Balaban J connectivity index is 2.31. The van der Waals surface area contributed by atoms with Crippen LogP contribution in [0.1, 0.15) is 24.6 Å². The topological polar surface area (TPSA) is 29.9 Å². The van der Waals surface area contributed by atoms with Crippen LogP contribution in [0.4, 0.5) is 19.1 Å². The van der Waals surface area contributed by atoms with Gasteiger partial charge in [0.05, 0.1) is 11.3 Å². The Morgan fingerprint density at radius 3 is 2.40 bits per heavy atom. The van der Waals surface area contributed by atoms with E-state index in [9.17, 15) is 13.2 Å². The molecule has 0 saturated carbocycles. The molecule has 6 heteroatoms. The first kappa shape index (κ1) is 14.4. The van der Waals surface area contributed by atoms with Crippen molar-refractivity contribution >= 4 is 5.95 Å². The lowest BCUT2D eigenvalue weighted by Crippen LogP contribution is -2.08. The molecule has 1 N–H and O–H groups in total. The number of hydrogen-bond acceptors (Lipinski definition) is 2. The van der Waals surface area contributed by atoms with Crippen molar-refractivity contribution in [2.24, 2.45) is 0 Å². The zero-order chi connectivity index (χ0) is 14.8. The maximum atomic E-state index is 12.5. The number of nitrogens with zero attached hydrogens (tertiary/aromatic N) is 2. The van der Waals surface area contributed by atoms with Crippen molar-refractivity contribution in [2.45, 2.75) is 26.4 Å². The summed E-state index contributed by atoms with van der Waals surface area (Å²) in [7, 11) is 0. The number of anilines is 1. The van der Waals surface area contributed by atoms with Crippen molar-refractivity contribution in [1.29, 1.82) is 0 Å². The van der Waals surface area contributed by atoms with Gasteiger partial charge in [0.1, 0.15) is 0 Å². The zero-order valence-corrected chi connectivity index (χ0v) is 11.3. The minimum absolute atomic E-state index is 0.643. The van der Waals surface area contributed by atoms with E-state index < -0.39 is 11.7 Å². The van der Waals surface area contributed by atoms with Crippen molar-refractivity contribution in [3.63, 3.8) is 0 Å². The first-order valence-corrected chi connectivity index (χ1v) is 6.39. The summed E-state index contributed by atoms with van der Waals surface area (Å²) in [6.45, 7) is 4.64. The largest absolute Gasteiger partial charge is 0.416 e. The van der Waals surface area contributed by atoms with Crippen LogP contribution in [0.25, 0.3) is 5.69 Å². The van der Waals surface area contributed by atoms with Gasteiger partial charge in [-0.15, -0.1) is 0 Å². The molecule has 0 amide bonds. The molecule has 2 rings (SSSR count). The number of halogens is 3. The van der Waals surface area contributed by atoms with Crippen LogP contribution in [0.15, 0.2) is 30.5 Å². The Kier molecular flexibility index (Phi) is 4.01. The monoisotopic (exact) mass is 283 g/mol. The molecule has 1 heterocycles. The van der Waals surface area contributed by atoms with Crippen molar-refractivity contribution in [1.82, 2.24) is 9.55 Å². The highest BCUT2D eigenvalue weighted by Gasteiger charge is 2.30. The summed E-state index contributed by atoms with van der Waals surface area (Å²) in [5.74, 6) is 0.643. The number of hydrogen-bond donors (Lipinski definition) is 1.